The molecule has 110 valence electrons. The number of hydrogen-bond donors (Lipinski definition) is 1. The van der Waals surface area contributed by atoms with Gasteiger partial charge in [0.1, 0.15) is 5.78 Å². The van der Waals surface area contributed by atoms with Crippen LogP contribution >= 0.6 is 11.6 Å². The number of carbonyl (C=O) groups is 1. The zero-order chi connectivity index (χ0) is 14.5. The van der Waals surface area contributed by atoms with Crippen molar-refractivity contribution in [3.63, 3.8) is 0 Å². The maximum atomic E-state index is 12.4. The first kappa shape index (κ1) is 15.5. The number of halogens is 1. The Kier molecular flexibility index (Phi) is 5.58. The average molecular weight is 296 g/mol. The fourth-order valence-electron chi connectivity index (χ4n) is 2.52. The van der Waals surface area contributed by atoms with Crippen molar-refractivity contribution in [2.45, 2.75) is 32.7 Å². The minimum absolute atomic E-state index is 0.0566. The second-order valence-electron chi connectivity index (χ2n) is 5.44. The molecule has 0 aliphatic carbocycles. The number of benzene rings is 1. The normalized spacial score (nSPS) is 22.1. The lowest BCUT2D eigenvalue weighted by atomic mass is 9.93. The minimum atomic E-state index is -0.0566. The van der Waals surface area contributed by atoms with Gasteiger partial charge < -0.3 is 10.1 Å². The molecule has 0 radical (unpaired) electrons. The Balaban J connectivity index is 2.00. The summed E-state index contributed by atoms with van der Waals surface area (Å²) < 4.78 is 5.46. The summed E-state index contributed by atoms with van der Waals surface area (Å²) >= 11 is 6.20. The molecule has 0 bridgehead atoms. The first-order valence-corrected chi connectivity index (χ1v) is 7.58. The second kappa shape index (κ2) is 7.21. The third-order valence-corrected chi connectivity index (χ3v) is 4.08. The molecule has 2 rings (SSSR count). The van der Waals surface area contributed by atoms with Gasteiger partial charge in [0.25, 0.3) is 0 Å². The van der Waals surface area contributed by atoms with Crippen molar-refractivity contribution in [1.29, 1.82) is 0 Å². The molecule has 0 amide bonds. The Hall–Kier alpha value is -0.900. The van der Waals surface area contributed by atoms with Crippen LogP contribution in [0.5, 0.6) is 0 Å². The first-order valence-electron chi connectivity index (χ1n) is 7.20. The van der Waals surface area contributed by atoms with E-state index in [-0.39, 0.29) is 17.7 Å². The molecule has 1 aliphatic rings. The quantitative estimate of drug-likeness (QED) is 0.877. The molecule has 1 N–H and O–H groups in total. The highest BCUT2D eigenvalue weighted by Crippen LogP contribution is 2.22. The van der Waals surface area contributed by atoms with Gasteiger partial charge in [0.15, 0.2) is 0 Å². The van der Waals surface area contributed by atoms with Gasteiger partial charge in [-0.15, -0.1) is 0 Å². The summed E-state index contributed by atoms with van der Waals surface area (Å²) in [5.41, 5.74) is 2.02. The Morgan fingerprint density at radius 1 is 1.45 bits per heavy atom. The van der Waals surface area contributed by atoms with Crippen molar-refractivity contribution in [2.24, 2.45) is 5.92 Å². The van der Waals surface area contributed by atoms with Gasteiger partial charge in [0.05, 0.1) is 19.1 Å². The molecule has 1 aliphatic heterocycles. The number of nitrogens with one attached hydrogen (secondary N) is 1. The minimum Gasteiger partial charge on any atom is -0.379 e. The standard InChI is InChI=1S/C16H22ClNO2/c1-3-6-18-15-10-20-9-13(15)16(19)8-12-5-4-11(2)7-14(12)17/h4-5,7,13,15,18H,3,6,8-10H2,1-2H3. The van der Waals surface area contributed by atoms with Crippen molar-refractivity contribution in [3.05, 3.63) is 34.3 Å². The lowest BCUT2D eigenvalue weighted by Crippen LogP contribution is -2.40. The molecule has 0 aromatic heterocycles. The van der Waals surface area contributed by atoms with Crippen LogP contribution < -0.4 is 5.32 Å². The van der Waals surface area contributed by atoms with Gasteiger partial charge in [-0.2, -0.15) is 0 Å². The molecule has 20 heavy (non-hydrogen) atoms. The monoisotopic (exact) mass is 295 g/mol. The van der Waals surface area contributed by atoms with E-state index < -0.39 is 0 Å². The van der Waals surface area contributed by atoms with E-state index in [0.717, 1.165) is 24.1 Å². The summed E-state index contributed by atoms with van der Waals surface area (Å²) in [6.45, 7) is 6.17. The Bertz CT molecular complexity index is 476. The largest absolute Gasteiger partial charge is 0.379 e. The van der Waals surface area contributed by atoms with Crippen LogP contribution in [0.15, 0.2) is 18.2 Å². The molecule has 1 fully saturated rings. The van der Waals surface area contributed by atoms with E-state index in [2.05, 4.69) is 12.2 Å². The molecule has 1 saturated heterocycles. The van der Waals surface area contributed by atoms with E-state index in [1.54, 1.807) is 0 Å². The van der Waals surface area contributed by atoms with E-state index in [1.165, 1.54) is 0 Å². The van der Waals surface area contributed by atoms with Gasteiger partial charge in [-0.05, 0) is 37.1 Å². The fourth-order valence-corrected chi connectivity index (χ4v) is 2.82. The molecular weight excluding hydrogens is 274 g/mol. The maximum absolute atomic E-state index is 12.4. The van der Waals surface area contributed by atoms with E-state index in [9.17, 15) is 4.79 Å². The summed E-state index contributed by atoms with van der Waals surface area (Å²) in [5.74, 6) is 0.153. The number of carbonyl (C=O) groups excluding carboxylic acids is 1. The van der Waals surface area contributed by atoms with Gasteiger partial charge in [0, 0.05) is 17.5 Å². The van der Waals surface area contributed by atoms with Crippen LogP contribution in [0, 0.1) is 12.8 Å². The molecule has 1 aromatic carbocycles. The third kappa shape index (κ3) is 3.81. The average Bonchev–Trinajstić information content (AvgIpc) is 2.88. The van der Waals surface area contributed by atoms with Crippen LogP contribution in [0.1, 0.15) is 24.5 Å². The van der Waals surface area contributed by atoms with Crippen molar-refractivity contribution in [3.8, 4) is 0 Å². The topological polar surface area (TPSA) is 38.3 Å². The smallest absolute Gasteiger partial charge is 0.144 e. The summed E-state index contributed by atoms with van der Waals surface area (Å²) in [5, 5.41) is 4.07. The Morgan fingerprint density at radius 3 is 2.95 bits per heavy atom. The second-order valence-corrected chi connectivity index (χ2v) is 5.85. The van der Waals surface area contributed by atoms with Crippen LogP contribution in [-0.4, -0.2) is 31.6 Å². The Labute approximate surface area is 125 Å². The fraction of sp³-hybridized carbons (Fsp3) is 0.562. The van der Waals surface area contributed by atoms with Crippen molar-refractivity contribution in [1.82, 2.24) is 5.32 Å². The number of aryl methyl sites for hydroxylation is 1. The van der Waals surface area contributed by atoms with E-state index in [0.29, 0.717) is 24.7 Å². The summed E-state index contributed by atoms with van der Waals surface area (Å²) in [6.07, 6.45) is 1.44. The van der Waals surface area contributed by atoms with Crippen molar-refractivity contribution >= 4 is 17.4 Å². The number of ketones is 1. The van der Waals surface area contributed by atoms with Crippen molar-refractivity contribution in [2.75, 3.05) is 19.8 Å². The molecule has 2 atom stereocenters. The van der Waals surface area contributed by atoms with Gasteiger partial charge in [-0.3, -0.25) is 4.79 Å². The third-order valence-electron chi connectivity index (χ3n) is 3.72. The van der Waals surface area contributed by atoms with Crippen LogP contribution in [-0.2, 0) is 16.0 Å². The summed E-state index contributed by atoms with van der Waals surface area (Å²) in [4.78, 5) is 12.4. The van der Waals surface area contributed by atoms with E-state index in [4.69, 9.17) is 16.3 Å². The van der Waals surface area contributed by atoms with Gasteiger partial charge >= 0.3 is 0 Å². The number of hydrogen-bond acceptors (Lipinski definition) is 3. The van der Waals surface area contributed by atoms with Crippen LogP contribution in [0.2, 0.25) is 5.02 Å². The molecule has 4 heteroatoms. The lowest BCUT2D eigenvalue weighted by molar-refractivity contribution is -0.122. The van der Waals surface area contributed by atoms with E-state index >= 15 is 0 Å². The zero-order valence-electron chi connectivity index (χ0n) is 12.1. The number of rotatable bonds is 6. The van der Waals surface area contributed by atoms with E-state index in [1.807, 2.05) is 25.1 Å². The van der Waals surface area contributed by atoms with Gasteiger partial charge in [-0.1, -0.05) is 30.7 Å². The summed E-state index contributed by atoms with van der Waals surface area (Å²) in [7, 11) is 0. The van der Waals surface area contributed by atoms with Crippen molar-refractivity contribution < 1.29 is 9.53 Å². The number of ether oxygens (including phenoxy) is 1. The highest BCUT2D eigenvalue weighted by atomic mass is 35.5. The van der Waals surface area contributed by atoms with Crippen LogP contribution in [0.3, 0.4) is 0 Å². The van der Waals surface area contributed by atoms with Crippen LogP contribution in [0.4, 0.5) is 0 Å². The van der Waals surface area contributed by atoms with Crippen LogP contribution in [0.25, 0.3) is 0 Å². The first-order chi connectivity index (χ1) is 9.61. The molecule has 3 nitrogen and oxygen atoms in total. The van der Waals surface area contributed by atoms with Gasteiger partial charge in [-0.25, -0.2) is 0 Å². The number of Topliss-reactive ketones (excluding diaryl/α,β-unsaturated/α-hetero) is 1. The predicted molar refractivity (Wildman–Crippen MR) is 81.3 cm³/mol. The molecule has 1 heterocycles. The summed E-state index contributed by atoms with van der Waals surface area (Å²) in [6, 6.07) is 5.99. The maximum Gasteiger partial charge on any atom is 0.144 e. The molecule has 0 saturated carbocycles. The highest BCUT2D eigenvalue weighted by Gasteiger charge is 2.33. The Morgan fingerprint density at radius 2 is 2.25 bits per heavy atom. The molecule has 0 spiro atoms. The lowest BCUT2D eigenvalue weighted by Gasteiger charge is -2.18. The predicted octanol–water partition coefficient (Wildman–Crippen LogP) is 2.77. The van der Waals surface area contributed by atoms with Gasteiger partial charge in [0.2, 0.25) is 0 Å². The molecular formula is C16H22ClNO2. The molecule has 2 unspecified atom stereocenters. The SMILES string of the molecule is CCCNC1COCC1C(=O)Cc1ccc(C)cc1Cl. The molecule has 1 aromatic rings. The highest BCUT2D eigenvalue weighted by molar-refractivity contribution is 6.31. The zero-order valence-corrected chi connectivity index (χ0v) is 12.9.